The number of carbonyl (C=O) groups is 1. The number of piperidine rings is 1. The van der Waals surface area contributed by atoms with Crippen LogP contribution >= 0.6 is 11.3 Å². The fourth-order valence-corrected chi connectivity index (χ4v) is 5.88. The number of benzene rings is 2. The number of aromatic nitrogens is 1. The molecule has 3 aromatic rings. The van der Waals surface area contributed by atoms with E-state index in [1.54, 1.807) is 47.1 Å². The minimum atomic E-state index is -3.56. The van der Waals surface area contributed by atoms with Crippen molar-refractivity contribution in [1.82, 2.24) is 9.29 Å². The van der Waals surface area contributed by atoms with Crippen molar-refractivity contribution in [2.45, 2.75) is 31.1 Å². The number of nitrogens with zero attached hydrogens (tertiary/aromatic N) is 2. The molecule has 0 bridgehead atoms. The zero-order valence-electron chi connectivity index (χ0n) is 15.5. The van der Waals surface area contributed by atoms with Crippen LogP contribution in [-0.2, 0) is 10.0 Å². The third-order valence-electron chi connectivity index (χ3n) is 4.97. The summed E-state index contributed by atoms with van der Waals surface area (Å²) in [5.41, 5.74) is 4.25. The van der Waals surface area contributed by atoms with Crippen molar-refractivity contribution in [1.29, 1.82) is 0 Å². The second-order valence-electron chi connectivity index (χ2n) is 6.93. The number of carbonyl (C=O) groups excluding carboxylic acids is 1. The zero-order chi connectivity index (χ0) is 19.7. The Morgan fingerprint density at radius 3 is 2.68 bits per heavy atom. The van der Waals surface area contributed by atoms with Gasteiger partial charge in [-0.2, -0.15) is 4.31 Å². The van der Waals surface area contributed by atoms with Crippen LogP contribution in [0.1, 0.15) is 35.2 Å². The first-order valence-corrected chi connectivity index (χ1v) is 11.5. The van der Waals surface area contributed by atoms with E-state index in [0.29, 0.717) is 29.9 Å². The summed E-state index contributed by atoms with van der Waals surface area (Å²) in [5, 5.41) is 2.82. The molecule has 8 heteroatoms. The van der Waals surface area contributed by atoms with Crippen LogP contribution in [-0.4, -0.2) is 36.7 Å². The molecule has 0 spiro atoms. The highest BCUT2D eigenvalue weighted by atomic mass is 32.2. The lowest BCUT2D eigenvalue weighted by Crippen LogP contribution is -2.36. The van der Waals surface area contributed by atoms with Crippen LogP contribution in [0.2, 0.25) is 0 Å². The predicted molar refractivity (Wildman–Crippen MR) is 111 cm³/mol. The van der Waals surface area contributed by atoms with Crippen LogP contribution in [0.3, 0.4) is 0 Å². The van der Waals surface area contributed by atoms with Crippen LogP contribution in [0.25, 0.3) is 10.2 Å². The van der Waals surface area contributed by atoms with E-state index in [-0.39, 0.29) is 10.8 Å². The lowest BCUT2D eigenvalue weighted by molar-refractivity contribution is 0.102. The smallest absolute Gasteiger partial charge is 0.255 e. The SMILES string of the molecule is Cc1ccc(NC(=O)c2ccc3ncsc3c2)cc1S(=O)(=O)N1CCCCC1. The van der Waals surface area contributed by atoms with Crippen LogP contribution in [0, 0.1) is 6.92 Å². The highest BCUT2D eigenvalue weighted by Crippen LogP contribution is 2.26. The summed E-state index contributed by atoms with van der Waals surface area (Å²) >= 11 is 1.47. The van der Waals surface area contributed by atoms with Gasteiger partial charge < -0.3 is 5.32 Å². The number of hydrogen-bond donors (Lipinski definition) is 1. The number of aryl methyl sites for hydroxylation is 1. The van der Waals surface area contributed by atoms with Crippen molar-refractivity contribution in [3.8, 4) is 0 Å². The van der Waals surface area contributed by atoms with E-state index in [4.69, 9.17) is 0 Å². The van der Waals surface area contributed by atoms with Gasteiger partial charge in [-0.05, 0) is 55.7 Å². The molecule has 2 aromatic carbocycles. The number of hydrogen-bond acceptors (Lipinski definition) is 5. The lowest BCUT2D eigenvalue weighted by atomic mass is 10.2. The number of anilines is 1. The summed E-state index contributed by atoms with van der Waals surface area (Å²) in [6.07, 6.45) is 2.83. The average Bonchev–Trinajstić information content (AvgIpc) is 3.18. The standard InChI is InChI=1S/C20H21N3O3S2/c1-14-5-7-16(12-19(14)28(25,26)23-9-3-2-4-10-23)22-20(24)15-6-8-17-18(11-15)27-13-21-17/h5-8,11-13H,2-4,9-10H2,1H3,(H,22,24). The van der Waals surface area contributed by atoms with Gasteiger partial charge in [-0.15, -0.1) is 11.3 Å². The number of nitrogens with one attached hydrogen (secondary N) is 1. The Balaban J connectivity index is 1.60. The molecule has 28 heavy (non-hydrogen) atoms. The molecule has 2 heterocycles. The molecule has 0 radical (unpaired) electrons. The molecule has 0 unspecified atom stereocenters. The number of amides is 1. The van der Waals surface area contributed by atoms with E-state index >= 15 is 0 Å². The molecule has 1 fully saturated rings. The normalized spacial score (nSPS) is 15.6. The van der Waals surface area contributed by atoms with Crippen molar-refractivity contribution in [3.05, 3.63) is 53.0 Å². The number of fused-ring (bicyclic) bond motifs is 1. The average molecular weight is 416 g/mol. The van der Waals surface area contributed by atoms with Crippen LogP contribution in [0.4, 0.5) is 5.69 Å². The minimum Gasteiger partial charge on any atom is -0.322 e. The van der Waals surface area contributed by atoms with E-state index in [1.807, 2.05) is 6.07 Å². The van der Waals surface area contributed by atoms with Gasteiger partial charge in [0.1, 0.15) is 0 Å². The number of sulfonamides is 1. The molecular formula is C20H21N3O3S2. The summed E-state index contributed by atoms with van der Waals surface area (Å²) < 4.78 is 28.6. The number of thiazole rings is 1. The topological polar surface area (TPSA) is 79.4 Å². The molecule has 1 aliphatic heterocycles. The number of rotatable bonds is 4. The quantitative estimate of drug-likeness (QED) is 0.698. The molecular weight excluding hydrogens is 394 g/mol. The summed E-state index contributed by atoms with van der Waals surface area (Å²) in [7, 11) is -3.56. The minimum absolute atomic E-state index is 0.255. The molecule has 1 amide bonds. The molecule has 1 saturated heterocycles. The summed E-state index contributed by atoms with van der Waals surface area (Å²) in [5.74, 6) is -0.277. The van der Waals surface area contributed by atoms with E-state index < -0.39 is 10.0 Å². The Hall–Kier alpha value is -2.29. The van der Waals surface area contributed by atoms with E-state index in [1.165, 1.54) is 11.3 Å². The van der Waals surface area contributed by atoms with Crippen molar-refractivity contribution in [3.63, 3.8) is 0 Å². The molecule has 0 saturated carbocycles. The fraction of sp³-hybridized carbons (Fsp3) is 0.300. The van der Waals surface area contributed by atoms with Crippen LogP contribution in [0.5, 0.6) is 0 Å². The Bertz CT molecular complexity index is 1130. The maximum absolute atomic E-state index is 13.0. The van der Waals surface area contributed by atoms with Crippen molar-refractivity contribution in [2.24, 2.45) is 0 Å². The van der Waals surface area contributed by atoms with E-state index in [0.717, 1.165) is 29.5 Å². The molecule has 4 rings (SSSR count). The Morgan fingerprint density at radius 1 is 1.11 bits per heavy atom. The lowest BCUT2D eigenvalue weighted by Gasteiger charge is -2.26. The predicted octanol–water partition coefficient (Wildman–Crippen LogP) is 4.03. The molecule has 1 aromatic heterocycles. The third kappa shape index (κ3) is 3.67. The molecule has 1 aliphatic rings. The van der Waals surface area contributed by atoms with E-state index in [9.17, 15) is 13.2 Å². The second kappa shape index (κ2) is 7.62. The Morgan fingerprint density at radius 2 is 1.89 bits per heavy atom. The largest absolute Gasteiger partial charge is 0.322 e. The monoisotopic (exact) mass is 415 g/mol. The maximum Gasteiger partial charge on any atom is 0.255 e. The second-order valence-corrected chi connectivity index (χ2v) is 9.73. The Kier molecular flexibility index (Phi) is 5.18. The first-order valence-electron chi connectivity index (χ1n) is 9.20. The van der Waals surface area contributed by atoms with Crippen molar-refractivity contribution >= 4 is 43.2 Å². The Labute approximate surface area is 168 Å². The van der Waals surface area contributed by atoms with E-state index in [2.05, 4.69) is 10.3 Å². The van der Waals surface area contributed by atoms with Gasteiger partial charge in [0.05, 0.1) is 20.6 Å². The highest BCUT2D eigenvalue weighted by Gasteiger charge is 2.27. The van der Waals surface area contributed by atoms with Crippen molar-refractivity contribution in [2.75, 3.05) is 18.4 Å². The van der Waals surface area contributed by atoms with Crippen LogP contribution < -0.4 is 5.32 Å². The first-order chi connectivity index (χ1) is 13.4. The third-order valence-corrected chi connectivity index (χ3v) is 7.80. The first kappa shape index (κ1) is 19.0. The zero-order valence-corrected chi connectivity index (χ0v) is 17.1. The van der Waals surface area contributed by atoms with Gasteiger partial charge in [-0.25, -0.2) is 13.4 Å². The van der Waals surface area contributed by atoms with Gasteiger partial charge in [0.25, 0.3) is 5.91 Å². The molecule has 1 N–H and O–H groups in total. The molecule has 146 valence electrons. The molecule has 6 nitrogen and oxygen atoms in total. The van der Waals surface area contributed by atoms with Crippen LogP contribution in [0.15, 0.2) is 46.8 Å². The van der Waals surface area contributed by atoms with Gasteiger partial charge >= 0.3 is 0 Å². The van der Waals surface area contributed by atoms with Gasteiger partial charge in [0.2, 0.25) is 10.0 Å². The molecule has 0 atom stereocenters. The summed E-state index contributed by atoms with van der Waals surface area (Å²) in [6.45, 7) is 2.88. The summed E-state index contributed by atoms with van der Waals surface area (Å²) in [6, 6.07) is 10.3. The van der Waals surface area contributed by atoms with Gasteiger partial charge in [-0.1, -0.05) is 12.5 Å². The van der Waals surface area contributed by atoms with Gasteiger partial charge in [0, 0.05) is 24.3 Å². The van der Waals surface area contributed by atoms with Crippen molar-refractivity contribution < 1.29 is 13.2 Å². The molecule has 0 aliphatic carbocycles. The fourth-order valence-electron chi connectivity index (χ4n) is 3.40. The maximum atomic E-state index is 13.0. The highest BCUT2D eigenvalue weighted by molar-refractivity contribution is 7.89. The van der Waals surface area contributed by atoms with Gasteiger partial charge in [0.15, 0.2) is 0 Å². The van der Waals surface area contributed by atoms with Gasteiger partial charge in [-0.3, -0.25) is 4.79 Å². The summed E-state index contributed by atoms with van der Waals surface area (Å²) in [4.78, 5) is 17.1.